The third-order valence-corrected chi connectivity index (χ3v) is 4.29. The molecule has 1 spiro atoms. The zero-order valence-corrected chi connectivity index (χ0v) is 10.9. The van der Waals surface area contributed by atoms with Crippen LogP contribution in [0.25, 0.3) is 0 Å². The van der Waals surface area contributed by atoms with Crippen LogP contribution in [0.4, 0.5) is 0 Å². The first kappa shape index (κ1) is 12.1. The Balaban J connectivity index is 1.57. The van der Waals surface area contributed by atoms with Crippen LogP contribution in [0.3, 0.4) is 0 Å². The quantitative estimate of drug-likeness (QED) is 0.874. The van der Waals surface area contributed by atoms with Gasteiger partial charge in [-0.2, -0.15) is 4.98 Å². The summed E-state index contributed by atoms with van der Waals surface area (Å²) in [6.07, 6.45) is 9.03. The lowest BCUT2D eigenvalue weighted by Gasteiger charge is -2.33. The van der Waals surface area contributed by atoms with E-state index in [9.17, 15) is 0 Å². The second-order valence-corrected chi connectivity index (χ2v) is 5.63. The van der Waals surface area contributed by atoms with E-state index in [-0.39, 0.29) is 0 Å². The number of nitrogens with zero attached hydrogens (tertiary/aromatic N) is 3. The van der Waals surface area contributed by atoms with Gasteiger partial charge in [-0.15, -0.1) is 0 Å². The topological polar surface area (TPSA) is 54.2 Å². The van der Waals surface area contributed by atoms with Crippen molar-refractivity contribution in [2.24, 2.45) is 0 Å². The van der Waals surface area contributed by atoms with E-state index in [4.69, 9.17) is 4.52 Å². The summed E-state index contributed by atoms with van der Waals surface area (Å²) in [6, 6.07) is 0. The molecular weight excluding hydrogens is 228 g/mol. The van der Waals surface area contributed by atoms with Gasteiger partial charge in [0.2, 0.25) is 5.89 Å². The van der Waals surface area contributed by atoms with Crippen LogP contribution in [0, 0.1) is 0 Å². The van der Waals surface area contributed by atoms with E-state index in [1.807, 2.05) is 0 Å². The van der Waals surface area contributed by atoms with Crippen LogP contribution in [0.1, 0.15) is 38.0 Å². The zero-order valence-electron chi connectivity index (χ0n) is 10.9. The van der Waals surface area contributed by atoms with E-state index >= 15 is 0 Å². The first-order valence-electron chi connectivity index (χ1n) is 7.09. The lowest BCUT2D eigenvalue weighted by Crippen LogP contribution is -2.49. The van der Waals surface area contributed by atoms with Crippen molar-refractivity contribution in [2.45, 2.75) is 44.1 Å². The molecule has 1 aliphatic carbocycles. The minimum Gasteiger partial charge on any atom is -0.340 e. The third-order valence-electron chi connectivity index (χ3n) is 4.29. The summed E-state index contributed by atoms with van der Waals surface area (Å²) in [7, 11) is 0. The summed E-state index contributed by atoms with van der Waals surface area (Å²) < 4.78 is 5.07. The SMILES string of the molecule is c1noc(CCN2CCCNC3(CCCC3)C2)n1. The molecular formula is C13H22N4O. The highest BCUT2D eigenvalue weighted by molar-refractivity contribution is 4.97. The van der Waals surface area contributed by atoms with Gasteiger partial charge in [-0.25, -0.2) is 0 Å². The third kappa shape index (κ3) is 2.72. The molecule has 5 heteroatoms. The van der Waals surface area contributed by atoms with Crippen LogP contribution in [-0.4, -0.2) is 46.8 Å². The number of aromatic nitrogens is 2. The first-order chi connectivity index (χ1) is 8.86. The van der Waals surface area contributed by atoms with Crippen molar-refractivity contribution in [3.63, 3.8) is 0 Å². The number of rotatable bonds is 3. The highest BCUT2D eigenvalue weighted by Crippen LogP contribution is 2.31. The lowest BCUT2D eigenvalue weighted by atomic mass is 9.97. The summed E-state index contributed by atoms with van der Waals surface area (Å²) in [4.78, 5) is 6.66. The second kappa shape index (κ2) is 5.36. The molecule has 1 saturated carbocycles. The smallest absolute Gasteiger partial charge is 0.227 e. The molecule has 2 fully saturated rings. The summed E-state index contributed by atoms with van der Waals surface area (Å²) >= 11 is 0. The Morgan fingerprint density at radius 1 is 1.33 bits per heavy atom. The van der Waals surface area contributed by atoms with Crippen molar-refractivity contribution in [1.82, 2.24) is 20.4 Å². The van der Waals surface area contributed by atoms with Crippen molar-refractivity contribution >= 4 is 0 Å². The summed E-state index contributed by atoms with van der Waals surface area (Å²) in [5, 5.41) is 7.45. The van der Waals surface area contributed by atoms with E-state index in [0.29, 0.717) is 5.54 Å². The van der Waals surface area contributed by atoms with Crippen LogP contribution in [-0.2, 0) is 6.42 Å². The van der Waals surface area contributed by atoms with Gasteiger partial charge in [-0.1, -0.05) is 18.0 Å². The van der Waals surface area contributed by atoms with E-state index < -0.39 is 0 Å². The van der Waals surface area contributed by atoms with E-state index in [1.54, 1.807) is 0 Å². The molecule has 100 valence electrons. The van der Waals surface area contributed by atoms with Gasteiger partial charge in [0.1, 0.15) is 0 Å². The average Bonchev–Trinajstić information content (AvgIpc) is 2.99. The van der Waals surface area contributed by atoms with Crippen LogP contribution < -0.4 is 5.32 Å². The fraction of sp³-hybridized carbons (Fsp3) is 0.846. The molecule has 1 aromatic rings. The first-order valence-corrected chi connectivity index (χ1v) is 7.09. The molecule has 0 amide bonds. The monoisotopic (exact) mass is 250 g/mol. The second-order valence-electron chi connectivity index (χ2n) is 5.63. The maximum absolute atomic E-state index is 5.07. The molecule has 0 aromatic carbocycles. The molecule has 3 rings (SSSR count). The average molecular weight is 250 g/mol. The predicted molar refractivity (Wildman–Crippen MR) is 68.3 cm³/mol. The largest absolute Gasteiger partial charge is 0.340 e. The molecule has 2 aliphatic rings. The van der Waals surface area contributed by atoms with Crippen molar-refractivity contribution in [3.8, 4) is 0 Å². The van der Waals surface area contributed by atoms with Crippen molar-refractivity contribution < 1.29 is 4.52 Å². The molecule has 1 saturated heterocycles. The highest BCUT2D eigenvalue weighted by Gasteiger charge is 2.36. The highest BCUT2D eigenvalue weighted by atomic mass is 16.5. The van der Waals surface area contributed by atoms with Gasteiger partial charge in [-0.05, 0) is 32.4 Å². The summed E-state index contributed by atoms with van der Waals surface area (Å²) in [5.74, 6) is 0.757. The minimum atomic E-state index is 0.394. The standard InChI is InChI=1S/C13H22N4O/c1-2-6-13(5-1)10-17(8-3-7-15-13)9-4-12-14-11-16-18-12/h11,15H,1-10H2. The summed E-state index contributed by atoms with van der Waals surface area (Å²) in [6.45, 7) is 4.56. The Kier molecular flexibility index (Phi) is 3.61. The molecule has 0 radical (unpaired) electrons. The van der Waals surface area contributed by atoms with Crippen LogP contribution >= 0.6 is 0 Å². The van der Waals surface area contributed by atoms with Gasteiger partial charge < -0.3 is 14.7 Å². The van der Waals surface area contributed by atoms with Gasteiger partial charge in [0.25, 0.3) is 0 Å². The van der Waals surface area contributed by atoms with Gasteiger partial charge in [0, 0.05) is 25.0 Å². The molecule has 1 aromatic heterocycles. The minimum absolute atomic E-state index is 0.394. The van der Waals surface area contributed by atoms with Gasteiger partial charge in [0.05, 0.1) is 0 Å². The molecule has 2 heterocycles. The molecule has 1 aliphatic heterocycles. The number of hydrogen-bond acceptors (Lipinski definition) is 5. The van der Waals surface area contributed by atoms with Crippen LogP contribution in [0.15, 0.2) is 10.9 Å². The molecule has 0 unspecified atom stereocenters. The fourth-order valence-electron chi connectivity index (χ4n) is 3.36. The zero-order chi connectivity index (χ0) is 12.3. The summed E-state index contributed by atoms with van der Waals surface area (Å²) in [5.41, 5.74) is 0.394. The predicted octanol–water partition coefficient (Wildman–Crippen LogP) is 1.22. The van der Waals surface area contributed by atoms with Crippen molar-refractivity contribution in [3.05, 3.63) is 12.2 Å². The maximum Gasteiger partial charge on any atom is 0.227 e. The van der Waals surface area contributed by atoms with Gasteiger partial charge >= 0.3 is 0 Å². The Morgan fingerprint density at radius 2 is 2.22 bits per heavy atom. The maximum atomic E-state index is 5.07. The normalized spacial score (nSPS) is 24.4. The number of nitrogens with one attached hydrogen (secondary N) is 1. The fourth-order valence-corrected chi connectivity index (χ4v) is 3.36. The lowest BCUT2D eigenvalue weighted by molar-refractivity contribution is 0.206. The van der Waals surface area contributed by atoms with Crippen molar-refractivity contribution in [1.29, 1.82) is 0 Å². The Bertz CT molecular complexity index is 359. The van der Waals surface area contributed by atoms with E-state index in [1.165, 1.54) is 51.5 Å². The molecule has 0 bridgehead atoms. The Labute approximate surface area is 108 Å². The van der Waals surface area contributed by atoms with Gasteiger partial charge in [-0.3, -0.25) is 0 Å². The van der Waals surface area contributed by atoms with E-state index in [2.05, 4.69) is 20.4 Å². The van der Waals surface area contributed by atoms with Crippen LogP contribution in [0.5, 0.6) is 0 Å². The van der Waals surface area contributed by atoms with E-state index in [0.717, 1.165) is 25.4 Å². The number of hydrogen-bond donors (Lipinski definition) is 1. The molecule has 1 N–H and O–H groups in total. The Hall–Kier alpha value is -0.940. The molecule has 0 atom stereocenters. The van der Waals surface area contributed by atoms with Gasteiger partial charge in [0.15, 0.2) is 6.33 Å². The Morgan fingerprint density at radius 3 is 3.00 bits per heavy atom. The van der Waals surface area contributed by atoms with Crippen molar-refractivity contribution in [2.75, 3.05) is 26.2 Å². The molecule has 18 heavy (non-hydrogen) atoms. The molecule has 5 nitrogen and oxygen atoms in total. The van der Waals surface area contributed by atoms with Crippen LogP contribution in [0.2, 0.25) is 0 Å².